The second-order valence-electron chi connectivity index (χ2n) is 5.14. The molecule has 17 heavy (non-hydrogen) atoms. The van der Waals surface area contributed by atoms with Crippen molar-refractivity contribution in [3.63, 3.8) is 0 Å². The van der Waals surface area contributed by atoms with Crippen LogP contribution < -0.4 is 5.32 Å². The van der Waals surface area contributed by atoms with Gasteiger partial charge in [0.15, 0.2) is 0 Å². The van der Waals surface area contributed by atoms with Crippen LogP contribution >= 0.6 is 0 Å². The van der Waals surface area contributed by atoms with Crippen LogP contribution in [-0.2, 0) is 9.53 Å². The SMILES string of the molecule is CCC(C)N(C)C(=O)C1(COC)CCNCC1. The summed E-state index contributed by atoms with van der Waals surface area (Å²) in [5.41, 5.74) is -0.307. The van der Waals surface area contributed by atoms with Gasteiger partial charge in [0.2, 0.25) is 5.91 Å². The number of hydrogen-bond donors (Lipinski definition) is 1. The number of rotatable bonds is 5. The fourth-order valence-electron chi connectivity index (χ4n) is 2.45. The van der Waals surface area contributed by atoms with Gasteiger partial charge in [0.1, 0.15) is 0 Å². The molecule has 1 unspecified atom stereocenters. The van der Waals surface area contributed by atoms with Gasteiger partial charge in [0.25, 0.3) is 0 Å². The third-order valence-electron chi connectivity index (χ3n) is 4.01. The first-order chi connectivity index (χ1) is 8.07. The zero-order valence-corrected chi connectivity index (χ0v) is 11.6. The molecule has 1 N–H and O–H groups in total. The lowest BCUT2D eigenvalue weighted by molar-refractivity contribution is -0.148. The molecule has 0 spiro atoms. The maximum Gasteiger partial charge on any atom is 0.231 e. The standard InChI is InChI=1S/C13H26N2O2/c1-5-11(2)15(3)12(16)13(10-17-4)6-8-14-9-7-13/h11,14H,5-10H2,1-4H3. The molecule has 1 atom stereocenters. The monoisotopic (exact) mass is 242 g/mol. The number of ether oxygens (including phenoxy) is 1. The molecule has 1 amide bonds. The van der Waals surface area contributed by atoms with Crippen LogP contribution in [0.4, 0.5) is 0 Å². The second-order valence-corrected chi connectivity index (χ2v) is 5.14. The molecule has 0 aromatic heterocycles. The van der Waals surface area contributed by atoms with Crippen LogP contribution in [0.3, 0.4) is 0 Å². The second kappa shape index (κ2) is 6.36. The van der Waals surface area contributed by atoms with Gasteiger partial charge in [-0.25, -0.2) is 0 Å². The van der Waals surface area contributed by atoms with Crippen molar-refractivity contribution >= 4 is 5.91 Å². The zero-order valence-electron chi connectivity index (χ0n) is 11.6. The molecule has 1 fully saturated rings. The van der Waals surface area contributed by atoms with Crippen molar-refractivity contribution in [3.8, 4) is 0 Å². The predicted molar refractivity (Wildman–Crippen MR) is 68.9 cm³/mol. The summed E-state index contributed by atoms with van der Waals surface area (Å²) in [5, 5.41) is 3.31. The van der Waals surface area contributed by atoms with E-state index in [-0.39, 0.29) is 11.3 Å². The van der Waals surface area contributed by atoms with E-state index in [1.807, 2.05) is 11.9 Å². The average molecular weight is 242 g/mol. The number of nitrogens with zero attached hydrogens (tertiary/aromatic N) is 1. The molecule has 0 aromatic rings. The molecule has 4 heteroatoms. The number of nitrogens with one attached hydrogen (secondary N) is 1. The van der Waals surface area contributed by atoms with Gasteiger partial charge >= 0.3 is 0 Å². The molecule has 0 bridgehead atoms. The van der Waals surface area contributed by atoms with Gasteiger partial charge in [-0.1, -0.05) is 6.92 Å². The molecule has 1 saturated heterocycles. The highest BCUT2D eigenvalue weighted by molar-refractivity contribution is 5.83. The third kappa shape index (κ3) is 3.19. The van der Waals surface area contributed by atoms with E-state index in [0.29, 0.717) is 12.6 Å². The van der Waals surface area contributed by atoms with E-state index in [9.17, 15) is 4.79 Å². The molecule has 0 radical (unpaired) electrons. The first kappa shape index (κ1) is 14.5. The lowest BCUT2D eigenvalue weighted by atomic mass is 9.78. The molecule has 0 saturated carbocycles. The third-order valence-corrected chi connectivity index (χ3v) is 4.01. The van der Waals surface area contributed by atoms with Crippen LogP contribution in [0, 0.1) is 5.41 Å². The van der Waals surface area contributed by atoms with E-state index in [2.05, 4.69) is 19.2 Å². The number of piperidine rings is 1. The number of methoxy groups -OCH3 is 1. The Labute approximate surface area is 105 Å². The van der Waals surface area contributed by atoms with Crippen molar-refractivity contribution < 1.29 is 9.53 Å². The van der Waals surface area contributed by atoms with Crippen LogP contribution in [-0.4, -0.2) is 50.7 Å². The van der Waals surface area contributed by atoms with Crippen LogP contribution in [0.2, 0.25) is 0 Å². The van der Waals surface area contributed by atoms with Crippen molar-refractivity contribution in [1.82, 2.24) is 10.2 Å². The number of carbonyl (C=O) groups is 1. The summed E-state index contributed by atoms with van der Waals surface area (Å²) in [4.78, 5) is 14.5. The van der Waals surface area contributed by atoms with E-state index in [1.54, 1.807) is 7.11 Å². The maximum absolute atomic E-state index is 12.6. The predicted octanol–water partition coefficient (Wildman–Crippen LogP) is 1.26. The molecule has 1 aliphatic heterocycles. The number of amides is 1. The Kier molecular flexibility index (Phi) is 5.40. The van der Waals surface area contributed by atoms with Crippen molar-refractivity contribution in [2.45, 2.75) is 39.2 Å². The van der Waals surface area contributed by atoms with E-state index >= 15 is 0 Å². The van der Waals surface area contributed by atoms with Crippen LogP contribution in [0.1, 0.15) is 33.1 Å². The lowest BCUT2D eigenvalue weighted by Gasteiger charge is -2.40. The van der Waals surface area contributed by atoms with Gasteiger partial charge in [-0.05, 0) is 39.3 Å². The first-order valence-electron chi connectivity index (χ1n) is 6.54. The smallest absolute Gasteiger partial charge is 0.231 e. The van der Waals surface area contributed by atoms with Gasteiger partial charge in [-0.2, -0.15) is 0 Å². The summed E-state index contributed by atoms with van der Waals surface area (Å²) in [6, 6.07) is 0.297. The summed E-state index contributed by atoms with van der Waals surface area (Å²) < 4.78 is 5.29. The Morgan fingerprint density at radius 2 is 2.06 bits per heavy atom. The van der Waals surface area contributed by atoms with Crippen molar-refractivity contribution in [1.29, 1.82) is 0 Å². The Bertz CT molecular complexity index is 244. The topological polar surface area (TPSA) is 41.6 Å². The minimum absolute atomic E-state index is 0.246. The van der Waals surface area contributed by atoms with Crippen molar-refractivity contribution in [2.24, 2.45) is 5.41 Å². The fraction of sp³-hybridized carbons (Fsp3) is 0.923. The molecular formula is C13H26N2O2. The van der Waals surface area contributed by atoms with E-state index in [4.69, 9.17) is 4.74 Å². The molecule has 0 aromatic carbocycles. The molecule has 1 rings (SSSR count). The molecule has 1 aliphatic rings. The highest BCUT2D eigenvalue weighted by Crippen LogP contribution is 2.32. The molecule has 100 valence electrons. The van der Waals surface area contributed by atoms with Gasteiger partial charge < -0.3 is 15.0 Å². The van der Waals surface area contributed by atoms with Crippen molar-refractivity contribution in [2.75, 3.05) is 33.9 Å². The quantitative estimate of drug-likeness (QED) is 0.789. The maximum atomic E-state index is 12.6. The largest absolute Gasteiger partial charge is 0.384 e. The minimum atomic E-state index is -0.307. The highest BCUT2D eigenvalue weighted by Gasteiger charge is 2.41. The van der Waals surface area contributed by atoms with E-state index in [0.717, 1.165) is 32.4 Å². The van der Waals surface area contributed by atoms with Gasteiger partial charge in [-0.3, -0.25) is 4.79 Å². The summed E-state index contributed by atoms with van der Waals surface area (Å²) in [5.74, 6) is 0.246. The van der Waals surface area contributed by atoms with E-state index < -0.39 is 0 Å². The lowest BCUT2D eigenvalue weighted by Crippen LogP contribution is -2.52. The van der Waals surface area contributed by atoms with Crippen LogP contribution in [0.5, 0.6) is 0 Å². The van der Waals surface area contributed by atoms with Crippen LogP contribution in [0.25, 0.3) is 0 Å². The zero-order chi connectivity index (χ0) is 12.9. The summed E-state index contributed by atoms with van der Waals surface area (Å²) in [6.45, 7) is 6.56. The summed E-state index contributed by atoms with van der Waals surface area (Å²) in [6.07, 6.45) is 2.74. The van der Waals surface area contributed by atoms with Gasteiger partial charge in [0, 0.05) is 20.2 Å². The van der Waals surface area contributed by atoms with E-state index in [1.165, 1.54) is 0 Å². The number of hydrogen-bond acceptors (Lipinski definition) is 3. The highest BCUT2D eigenvalue weighted by atomic mass is 16.5. The average Bonchev–Trinajstić information content (AvgIpc) is 2.37. The normalized spacial score (nSPS) is 20.9. The molecule has 4 nitrogen and oxygen atoms in total. The minimum Gasteiger partial charge on any atom is -0.384 e. The van der Waals surface area contributed by atoms with Gasteiger partial charge in [0.05, 0.1) is 12.0 Å². The summed E-state index contributed by atoms with van der Waals surface area (Å²) >= 11 is 0. The Balaban J connectivity index is 2.78. The molecule has 1 heterocycles. The fourth-order valence-corrected chi connectivity index (χ4v) is 2.45. The molecule has 0 aliphatic carbocycles. The van der Waals surface area contributed by atoms with Crippen molar-refractivity contribution in [3.05, 3.63) is 0 Å². The Morgan fingerprint density at radius 1 is 1.47 bits per heavy atom. The number of carbonyl (C=O) groups excluding carboxylic acids is 1. The molecular weight excluding hydrogens is 216 g/mol. The van der Waals surface area contributed by atoms with Crippen LogP contribution in [0.15, 0.2) is 0 Å². The Morgan fingerprint density at radius 3 is 2.53 bits per heavy atom. The summed E-state index contributed by atoms with van der Waals surface area (Å²) in [7, 11) is 3.59. The first-order valence-corrected chi connectivity index (χ1v) is 6.54. The Hall–Kier alpha value is -0.610. The van der Waals surface area contributed by atoms with Gasteiger partial charge in [-0.15, -0.1) is 0 Å².